The highest BCUT2D eigenvalue weighted by atomic mass is 35.5. The van der Waals surface area contributed by atoms with Crippen molar-refractivity contribution in [1.29, 1.82) is 0 Å². The van der Waals surface area contributed by atoms with Gasteiger partial charge >= 0.3 is 5.97 Å². The summed E-state index contributed by atoms with van der Waals surface area (Å²) in [4.78, 5) is 35.3. The predicted octanol–water partition coefficient (Wildman–Crippen LogP) is 4.39. The summed E-state index contributed by atoms with van der Waals surface area (Å²) in [5, 5.41) is 10.3. The number of hydrogen-bond donors (Lipinski definition) is 2. The fourth-order valence-electron chi connectivity index (χ4n) is 3.10. The molecule has 2 aromatic heterocycles. The molecule has 0 aliphatic rings. The van der Waals surface area contributed by atoms with Crippen LogP contribution >= 0.6 is 11.6 Å². The largest absolute Gasteiger partial charge is 0.478 e. The first kappa shape index (κ1) is 21.5. The molecule has 2 N–H and O–H groups in total. The van der Waals surface area contributed by atoms with E-state index in [0.717, 1.165) is 30.7 Å². The molecule has 8 heteroatoms. The van der Waals surface area contributed by atoms with Crippen molar-refractivity contribution in [3.63, 3.8) is 0 Å². The summed E-state index contributed by atoms with van der Waals surface area (Å²) in [6.45, 7) is 2.57. The molecule has 0 atom stereocenters. The quantitative estimate of drug-likeness (QED) is 0.370. The van der Waals surface area contributed by atoms with Gasteiger partial charge in [-0.25, -0.2) is 14.8 Å². The van der Waals surface area contributed by atoms with E-state index in [1.54, 1.807) is 6.20 Å². The van der Waals surface area contributed by atoms with Crippen LogP contribution in [0.5, 0.6) is 0 Å². The van der Waals surface area contributed by atoms with Crippen molar-refractivity contribution in [2.24, 2.45) is 0 Å². The number of H-pyrrole nitrogens is 1. The van der Waals surface area contributed by atoms with Crippen molar-refractivity contribution in [1.82, 2.24) is 19.5 Å². The van der Waals surface area contributed by atoms with Gasteiger partial charge in [-0.2, -0.15) is 0 Å². The zero-order valence-electron chi connectivity index (χ0n) is 16.6. The molecule has 0 unspecified atom stereocenters. The maximum Gasteiger partial charge on any atom is 0.332 e. The molecule has 3 rings (SSSR count). The van der Waals surface area contributed by atoms with Crippen LogP contribution < -0.4 is 0 Å². The molecule has 0 saturated carbocycles. The molecule has 0 spiro atoms. The number of hydrogen-bond acceptors (Lipinski definition) is 4. The monoisotopic (exact) mass is 426 g/mol. The molecule has 0 aliphatic carbocycles. The molecule has 0 fully saturated rings. The Morgan fingerprint density at radius 1 is 1.27 bits per heavy atom. The number of nitrogens with zero attached hydrogens (tertiary/aromatic N) is 3. The number of ketones is 1. The predicted molar refractivity (Wildman–Crippen MR) is 115 cm³/mol. The van der Waals surface area contributed by atoms with Crippen molar-refractivity contribution in [3.8, 4) is 0 Å². The lowest BCUT2D eigenvalue weighted by atomic mass is 10.1. The molecule has 156 valence electrons. The van der Waals surface area contributed by atoms with Gasteiger partial charge in [-0.15, -0.1) is 0 Å². The number of carbonyl (C=O) groups excluding carboxylic acids is 1. The second-order valence-electron chi connectivity index (χ2n) is 6.91. The van der Waals surface area contributed by atoms with Gasteiger partial charge in [-0.1, -0.05) is 43.1 Å². The standard InChI is InChI=1S/C22H23ClN4O3/c1-2-3-8-21-25-11-17(27(21)13-15-6-4-5-7-18(15)23)9-16(22(29)30)10-20(28)19-12-24-14-26-19/h4-7,9,11-12,14H,2-3,8,10,13H2,1H3,(H,24,26)(H,29,30)/b16-9+. The van der Waals surface area contributed by atoms with Gasteiger partial charge in [0.2, 0.25) is 0 Å². The number of aryl methyl sites for hydroxylation is 1. The molecule has 0 amide bonds. The van der Waals surface area contributed by atoms with Crippen LogP contribution in [0.1, 0.15) is 53.8 Å². The first-order chi connectivity index (χ1) is 14.5. The van der Waals surface area contributed by atoms with Crippen LogP contribution in [0.3, 0.4) is 0 Å². The van der Waals surface area contributed by atoms with Crippen LogP contribution in [0.2, 0.25) is 5.02 Å². The molecular weight excluding hydrogens is 404 g/mol. The van der Waals surface area contributed by atoms with E-state index in [-0.39, 0.29) is 23.5 Å². The van der Waals surface area contributed by atoms with Crippen LogP contribution in [-0.2, 0) is 17.8 Å². The number of carboxylic acids is 1. The number of rotatable bonds is 10. The Hall–Kier alpha value is -3.19. The third kappa shape index (κ3) is 5.24. The maximum atomic E-state index is 12.4. The van der Waals surface area contributed by atoms with E-state index in [2.05, 4.69) is 21.9 Å². The Labute approximate surface area is 179 Å². The summed E-state index contributed by atoms with van der Waals surface area (Å²) >= 11 is 6.33. The Morgan fingerprint density at radius 2 is 2.07 bits per heavy atom. The number of carbonyl (C=O) groups is 2. The molecule has 0 radical (unpaired) electrons. The summed E-state index contributed by atoms with van der Waals surface area (Å²) in [6.07, 6.45) is 8.47. The van der Waals surface area contributed by atoms with E-state index in [4.69, 9.17) is 11.6 Å². The lowest BCUT2D eigenvalue weighted by Crippen LogP contribution is -2.11. The lowest BCUT2D eigenvalue weighted by molar-refractivity contribution is -0.132. The van der Waals surface area contributed by atoms with Crippen LogP contribution in [0.25, 0.3) is 6.08 Å². The molecule has 30 heavy (non-hydrogen) atoms. The number of benzene rings is 1. The van der Waals surface area contributed by atoms with Gasteiger partial charge in [-0.3, -0.25) is 4.79 Å². The van der Waals surface area contributed by atoms with E-state index in [0.29, 0.717) is 17.3 Å². The average Bonchev–Trinajstić information content (AvgIpc) is 3.38. The van der Waals surface area contributed by atoms with E-state index >= 15 is 0 Å². The number of aliphatic carboxylic acids is 1. The molecule has 0 aliphatic heterocycles. The van der Waals surface area contributed by atoms with Gasteiger partial charge in [0.15, 0.2) is 5.78 Å². The van der Waals surface area contributed by atoms with Crippen molar-refractivity contribution >= 4 is 29.4 Å². The van der Waals surface area contributed by atoms with E-state index < -0.39 is 5.97 Å². The Morgan fingerprint density at radius 3 is 2.73 bits per heavy atom. The molecule has 2 heterocycles. The van der Waals surface area contributed by atoms with Gasteiger partial charge in [0.05, 0.1) is 24.8 Å². The highest BCUT2D eigenvalue weighted by Crippen LogP contribution is 2.21. The maximum absolute atomic E-state index is 12.4. The zero-order chi connectivity index (χ0) is 21.5. The summed E-state index contributed by atoms with van der Waals surface area (Å²) in [5.74, 6) is -0.667. The van der Waals surface area contributed by atoms with Crippen LogP contribution in [-0.4, -0.2) is 36.4 Å². The number of carboxylic acid groups (broad SMARTS) is 1. The number of aromatic nitrogens is 4. The van der Waals surface area contributed by atoms with E-state index in [1.165, 1.54) is 18.6 Å². The summed E-state index contributed by atoms with van der Waals surface area (Å²) in [5.41, 5.74) is 1.71. The first-order valence-electron chi connectivity index (χ1n) is 9.73. The van der Waals surface area contributed by atoms with Crippen LogP contribution in [0.4, 0.5) is 0 Å². The topological polar surface area (TPSA) is 101 Å². The van der Waals surface area contributed by atoms with Crippen molar-refractivity contribution in [2.75, 3.05) is 0 Å². The van der Waals surface area contributed by atoms with Crippen molar-refractivity contribution < 1.29 is 14.7 Å². The third-order valence-electron chi connectivity index (χ3n) is 4.74. The number of halogens is 1. The molecule has 7 nitrogen and oxygen atoms in total. The molecule has 3 aromatic rings. The van der Waals surface area contributed by atoms with E-state index in [9.17, 15) is 14.7 Å². The summed E-state index contributed by atoms with van der Waals surface area (Å²) in [7, 11) is 0. The number of Topliss-reactive ketones (excluding diaryl/α,β-unsaturated/α-hetero) is 1. The molecule has 0 bridgehead atoms. The average molecular weight is 427 g/mol. The molecular formula is C22H23ClN4O3. The SMILES string of the molecule is CCCCc1ncc(/C=C(\CC(=O)c2c[nH]cn2)C(=O)O)n1Cc1ccccc1Cl. The molecule has 1 aromatic carbocycles. The highest BCUT2D eigenvalue weighted by Gasteiger charge is 2.18. The third-order valence-corrected chi connectivity index (χ3v) is 5.11. The number of imidazole rings is 2. The van der Waals surface area contributed by atoms with Gasteiger partial charge in [0.1, 0.15) is 11.5 Å². The van der Waals surface area contributed by atoms with Crippen LogP contribution in [0.15, 0.2) is 48.6 Å². The minimum atomic E-state index is -1.15. The van der Waals surface area contributed by atoms with Crippen LogP contribution in [0, 0.1) is 0 Å². The normalized spacial score (nSPS) is 11.6. The minimum Gasteiger partial charge on any atom is -0.478 e. The Kier molecular flexibility index (Phi) is 7.19. The highest BCUT2D eigenvalue weighted by molar-refractivity contribution is 6.31. The first-order valence-corrected chi connectivity index (χ1v) is 10.1. The number of unbranched alkanes of at least 4 members (excludes halogenated alkanes) is 1. The van der Waals surface area contributed by atoms with E-state index in [1.807, 2.05) is 28.8 Å². The summed E-state index contributed by atoms with van der Waals surface area (Å²) in [6, 6.07) is 7.52. The van der Waals surface area contributed by atoms with Gasteiger partial charge in [-0.05, 0) is 24.1 Å². The Bertz CT molecular complexity index is 1050. The summed E-state index contributed by atoms with van der Waals surface area (Å²) < 4.78 is 1.96. The number of aromatic amines is 1. The number of nitrogens with one attached hydrogen (secondary N) is 1. The Balaban J connectivity index is 1.95. The van der Waals surface area contributed by atoms with Gasteiger partial charge in [0.25, 0.3) is 0 Å². The lowest BCUT2D eigenvalue weighted by Gasteiger charge is -2.12. The van der Waals surface area contributed by atoms with Crippen molar-refractivity contribution in [2.45, 2.75) is 39.2 Å². The second-order valence-corrected chi connectivity index (χ2v) is 7.32. The minimum absolute atomic E-state index is 0.0228. The molecule has 0 saturated heterocycles. The smallest absolute Gasteiger partial charge is 0.332 e. The second kappa shape index (κ2) is 10.0. The fraction of sp³-hybridized carbons (Fsp3) is 0.273. The van der Waals surface area contributed by atoms with Gasteiger partial charge < -0.3 is 14.7 Å². The zero-order valence-corrected chi connectivity index (χ0v) is 17.4. The van der Waals surface area contributed by atoms with Crippen molar-refractivity contribution in [3.05, 3.63) is 76.4 Å². The fourth-order valence-corrected chi connectivity index (χ4v) is 3.30. The van der Waals surface area contributed by atoms with Gasteiger partial charge in [0, 0.05) is 29.6 Å².